The van der Waals surface area contributed by atoms with Crippen LogP contribution < -0.4 is 15.1 Å². The summed E-state index contributed by atoms with van der Waals surface area (Å²) in [6.45, 7) is 4.07. The van der Waals surface area contributed by atoms with Crippen molar-refractivity contribution in [1.29, 1.82) is 0 Å². The fourth-order valence-electron chi connectivity index (χ4n) is 5.05. The Morgan fingerprint density at radius 2 is 1.74 bits per heavy atom. The van der Waals surface area contributed by atoms with Crippen molar-refractivity contribution in [2.45, 2.75) is 43.7 Å². The monoisotopic (exact) mass is 490 g/mol. The van der Waals surface area contributed by atoms with Crippen LogP contribution in [0.2, 0.25) is 0 Å². The lowest BCUT2D eigenvalue weighted by Gasteiger charge is -2.38. The van der Waals surface area contributed by atoms with Gasteiger partial charge in [-0.1, -0.05) is 12.1 Å². The molecule has 0 saturated carbocycles. The van der Waals surface area contributed by atoms with Gasteiger partial charge in [0.25, 0.3) is 0 Å². The molecule has 0 aliphatic carbocycles. The van der Waals surface area contributed by atoms with Gasteiger partial charge in [-0.25, -0.2) is 0 Å². The lowest BCUT2D eigenvalue weighted by molar-refractivity contribution is -0.169. The predicted octanol–water partition coefficient (Wildman–Crippen LogP) is 3.38. The first-order valence-electron chi connectivity index (χ1n) is 12.0. The number of halogens is 3. The summed E-state index contributed by atoms with van der Waals surface area (Å²) in [7, 11) is 0. The molecule has 188 valence electrons. The van der Waals surface area contributed by atoms with E-state index in [0.717, 1.165) is 49.4 Å². The van der Waals surface area contributed by atoms with Crippen molar-refractivity contribution in [2.24, 2.45) is 0 Å². The van der Waals surface area contributed by atoms with Crippen molar-refractivity contribution in [3.63, 3.8) is 0 Å². The Bertz CT molecular complexity index is 1030. The Morgan fingerprint density at radius 1 is 1.03 bits per heavy atom. The Labute approximate surface area is 202 Å². The number of nitrogens with zero attached hydrogens (tertiary/aromatic N) is 3. The summed E-state index contributed by atoms with van der Waals surface area (Å²) in [6, 6.07) is 9.00. The van der Waals surface area contributed by atoms with Gasteiger partial charge in [-0.3, -0.25) is 9.78 Å². The second kappa shape index (κ2) is 9.66. The third-order valence-corrected chi connectivity index (χ3v) is 6.97. The third kappa shape index (κ3) is 5.54. The normalized spacial score (nSPS) is 22.1. The molecule has 0 bridgehead atoms. The molecule has 1 amide bonds. The number of rotatable bonds is 5. The van der Waals surface area contributed by atoms with Crippen molar-refractivity contribution < 1.29 is 27.4 Å². The molecule has 1 unspecified atom stereocenters. The largest absolute Gasteiger partial charge is 0.417 e. The molecule has 4 heterocycles. The molecule has 0 radical (unpaired) electrons. The Morgan fingerprint density at radius 3 is 2.43 bits per heavy atom. The molecule has 2 aromatic rings. The van der Waals surface area contributed by atoms with Crippen molar-refractivity contribution in [2.75, 3.05) is 49.2 Å². The van der Waals surface area contributed by atoms with Crippen molar-refractivity contribution >= 4 is 17.3 Å². The number of aromatic nitrogens is 1. The zero-order valence-electron chi connectivity index (χ0n) is 19.4. The molecule has 1 aromatic heterocycles. The fourth-order valence-corrected chi connectivity index (χ4v) is 5.05. The molecule has 10 heteroatoms. The number of ether oxygens (including phenoxy) is 2. The Hall–Kier alpha value is -2.85. The number of carbonyl (C=O) groups is 1. The van der Waals surface area contributed by atoms with Gasteiger partial charge in [-0.15, -0.1) is 0 Å². The van der Waals surface area contributed by atoms with E-state index in [9.17, 15) is 18.0 Å². The van der Waals surface area contributed by atoms with Crippen LogP contribution in [0.4, 0.5) is 24.5 Å². The summed E-state index contributed by atoms with van der Waals surface area (Å²) in [4.78, 5) is 20.5. The summed E-state index contributed by atoms with van der Waals surface area (Å²) in [6.07, 6.45) is 0.428. The summed E-state index contributed by atoms with van der Waals surface area (Å²) < 4.78 is 50.5. The quantitative estimate of drug-likeness (QED) is 0.693. The molecule has 1 spiro atoms. The van der Waals surface area contributed by atoms with Gasteiger partial charge in [-0.2, -0.15) is 13.2 Å². The number of hydrogen-bond acceptors (Lipinski definition) is 6. The van der Waals surface area contributed by atoms with E-state index in [-0.39, 0.29) is 18.4 Å². The highest BCUT2D eigenvalue weighted by atomic mass is 19.4. The minimum atomic E-state index is -4.43. The highest BCUT2D eigenvalue weighted by molar-refractivity contribution is 5.79. The number of piperidine rings is 1. The molecular weight excluding hydrogens is 461 g/mol. The van der Waals surface area contributed by atoms with Crippen LogP contribution in [0.3, 0.4) is 0 Å². The van der Waals surface area contributed by atoms with Crippen LogP contribution in [0, 0.1) is 0 Å². The fraction of sp³-hybridized carbons (Fsp3) is 0.520. The van der Waals surface area contributed by atoms with Crippen LogP contribution in [0.15, 0.2) is 42.7 Å². The van der Waals surface area contributed by atoms with Gasteiger partial charge in [-0.05, 0) is 30.2 Å². The number of benzene rings is 1. The van der Waals surface area contributed by atoms with Crippen LogP contribution in [0.25, 0.3) is 0 Å². The minimum Gasteiger partial charge on any atom is -0.371 e. The van der Waals surface area contributed by atoms with E-state index in [1.165, 1.54) is 6.20 Å². The van der Waals surface area contributed by atoms with E-state index < -0.39 is 17.5 Å². The lowest BCUT2D eigenvalue weighted by Crippen LogP contribution is -2.45. The second-order valence-electron chi connectivity index (χ2n) is 9.37. The van der Waals surface area contributed by atoms with Crippen LogP contribution in [0.1, 0.15) is 30.4 Å². The Kier molecular flexibility index (Phi) is 6.59. The number of pyridine rings is 1. The summed E-state index contributed by atoms with van der Waals surface area (Å²) in [5.74, 6) is -0.496. The van der Waals surface area contributed by atoms with Gasteiger partial charge in [0.15, 0.2) is 5.79 Å². The first-order valence-corrected chi connectivity index (χ1v) is 12.0. The van der Waals surface area contributed by atoms with E-state index in [4.69, 9.17) is 9.47 Å². The van der Waals surface area contributed by atoms with Crippen molar-refractivity contribution in [3.05, 3.63) is 53.9 Å². The molecule has 7 nitrogen and oxygen atoms in total. The molecule has 1 atom stereocenters. The standard InChI is InChI=1S/C25H29F3N4O3/c26-25(27,28)19-14-22(16-29-15-19)32-8-5-20(17-32)30-23(33)13-18-1-3-21(4-2-18)31-9-6-24(7-10-31)34-11-12-35-24/h1-4,14-16,20H,5-13,17H2,(H,30,33). The van der Waals surface area contributed by atoms with Gasteiger partial charge >= 0.3 is 6.18 Å². The van der Waals surface area contributed by atoms with E-state index in [1.807, 2.05) is 29.2 Å². The van der Waals surface area contributed by atoms with Gasteiger partial charge in [0.1, 0.15) is 0 Å². The first kappa shape index (κ1) is 23.9. The lowest BCUT2D eigenvalue weighted by atomic mass is 10.0. The third-order valence-electron chi connectivity index (χ3n) is 6.97. The molecule has 35 heavy (non-hydrogen) atoms. The smallest absolute Gasteiger partial charge is 0.371 e. The summed E-state index contributed by atoms with van der Waals surface area (Å²) in [5.41, 5.74) is 1.68. The molecular formula is C25H29F3N4O3. The zero-order chi connectivity index (χ0) is 24.5. The molecule has 5 rings (SSSR count). The molecule has 1 aromatic carbocycles. The van der Waals surface area contributed by atoms with Gasteiger partial charge < -0.3 is 24.6 Å². The predicted molar refractivity (Wildman–Crippen MR) is 124 cm³/mol. The van der Waals surface area contributed by atoms with Gasteiger partial charge in [0.2, 0.25) is 5.91 Å². The molecule has 3 aliphatic heterocycles. The maximum absolute atomic E-state index is 13.0. The minimum absolute atomic E-state index is 0.0952. The van der Waals surface area contributed by atoms with E-state index in [2.05, 4.69) is 15.2 Å². The Balaban J connectivity index is 1.10. The van der Waals surface area contributed by atoms with Crippen LogP contribution in [-0.4, -0.2) is 62.1 Å². The van der Waals surface area contributed by atoms with Gasteiger partial charge in [0.05, 0.1) is 37.1 Å². The van der Waals surface area contributed by atoms with E-state index in [0.29, 0.717) is 38.4 Å². The first-order chi connectivity index (χ1) is 16.8. The SMILES string of the molecule is O=C(Cc1ccc(N2CCC3(CC2)OCCO3)cc1)NC1CCN(c2cncc(C(F)(F)F)c2)C1. The highest BCUT2D eigenvalue weighted by Crippen LogP contribution is 2.34. The number of carbonyl (C=O) groups excluding carboxylic acids is 1. The van der Waals surface area contributed by atoms with Crippen molar-refractivity contribution in [3.8, 4) is 0 Å². The maximum Gasteiger partial charge on any atom is 0.417 e. The van der Waals surface area contributed by atoms with Crippen LogP contribution in [0.5, 0.6) is 0 Å². The highest BCUT2D eigenvalue weighted by Gasteiger charge is 2.39. The summed E-state index contributed by atoms with van der Waals surface area (Å²) in [5, 5.41) is 3.02. The zero-order valence-corrected chi connectivity index (χ0v) is 19.4. The molecule has 3 fully saturated rings. The number of hydrogen-bond donors (Lipinski definition) is 1. The van der Waals surface area contributed by atoms with Crippen LogP contribution >= 0.6 is 0 Å². The van der Waals surface area contributed by atoms with E-state index in [1.54, 1.807) is 0 Å². The average molecular weight is 491 g/mol. The van der Waals surface area contributed by atoms with E-state index >= 15 is 0 Å². The van der Waals surface area contributed by atoms with Crippen molar-refractivity contribution in [1.82, 2.24) is 10.3 Å². The molecule has 1 N–H and O–H groups in total. The summed E-state index contributed by atoms with van der Waals surface area (Å²) >= 11 is 0. The second-order valence-corrected chi connectivity index (χ2v) is 9.37. The maximum atomic E-state index is 13.0. The molecule has 3 saturated heterocycles. The number of alkyl halides is 3. The van der Waals surface area contributed by atoms with Crippen LogP contribution in [-0.2, 0) is 26.9 Å². The topological polar surface area (TPSA) is 66.9 Å². The number of amides is 1. The molecule has 3 aliphatic rings. The number of nitrogens with one attached hydrogen (secondary N) is 1. The average Bonchev–Trinajstić information content (AvgIpc) is 3.50. The number of anilines is 2. The van der Waals surface area contributed by atoms with Gasteiger partial charge in [0, 0.05) is 56.9 Å².